The summed E-state index contributed by atoms with van der Waals surface area (Å²) in [6, 6.07) is 16.6. The molecule has 5 rings (SSSR count). The molecule has 1 aliphatic heterocycles. The molecule has 4 aromatic rings. The Balaban J connectivity index is 1.40. The summed E-state index contributed by atoms with van der Waals surface area (Å²) in [5.74, 6) is 1.99. The lowest BCUT2D eigenvalue weighted by Gasteiger charge is -2.33. The van der Waals surface area contributed by atoms with Crippen LogP contribution in [-0.4, -0.2) is 45.0 Å². The number of fused-ring (bicyclic) bond motifs is 1. The maximum atomic E-state index is 4.95. The van der Waals surface area contributed by atoms with Crippen molar-refractivity contribution in [2.24, 2.45) is 0 Å². The van der Waals surface area contributed by atoms with Gasteiger partial charge in [0.1, 0.15) is 5.82 Å². The first-order valence-corrected chi connectivity index (χ1v) is 10.8. The van der Waals surface area contributed by atoms with E-state index in [2.05, 4.69) is 55.5 Å². The van der Waals surface area contributed by atoms with Gasteiger partial charge in [0.15, 0.2) is 5.82 Å². The molecule has 1 N–H and O–H groups in total. The fourth-order valence-corrected chi connectivity index (χ4v) is 4.42. The minimum atomic E-state index is 0.387. The second kappa shape index (κ2) is 8.78. The van der Waals surface area contributed by atoms with Gasteiger partial charge < -0.3 is 5.32 Å². The third kappa shape index (κ3) is 4.25. The van der Waals surface area contributed by atoms with Gasteiger partial charge in [-0.1, -0.05) is 18.2 Å². The average molecular weight is 411 g/mol. The molecule has 0 aliphatic carbocycles. The van der Waals surface area contributed by atoms with Crippen LogP contribution in [0.4, 0.5) is 5.82 Å². The van der Waals surface area contributed by atoms with Crippen molar-refractivity contribution >= 4 is 16.7 Å². The molecule has 31 heavy (non-hydrogen) atoms. The van der Waals surface area contributed by atoms with Crippen molar-refractivity contribution in [3.8, 4) is 11.4 Å². The van der Waals surface area contributed by atoms with Crippen LogP contribution in [0.2, 0.25) is 0 Å². The minimum absolute atomic E-state index is 0.387. The average Bonchev–Trinajstić information content (AvgIpc) is 2.85. The molecule has 0 saturated carbocycles. The lowest BCUT2D eigenvalue weighted by atomic mass is 9.93. The molecule has 1 fully saturated rings. The Morgan fingerprint density at radius 1 is 1.03 bits per heavy atom. The van der Waals surface area contributed by atoms with Gasteiger partial charge in [-0.25, -0.2) is 9.97 Å². The van der Waals surface area contributed by atoms with E-state index >= 15 is 0 Å². The smallest absolute Gasteiger partial charge is 0.161 e. The number of aromatic nitrogens is 4. The lowest BCUT2D eigenvalue weighted by molar-refractivity contribution is 0.199. The predicted molar refractivity (Wildman–Crippen MR) is 124 cm³/mol. The molecule has 1 aromatic carbocycles. The highest BCUT2D eigenvalue weighted by Crippen LogP contribution is 2.30. The number of pyridine rings is 2. The first-order valence-electron chi connectivity index (χ1n) is 10.8. The van der Waals surface area contributed by atoms with Crippen LogP contribution in [0.1, 0.15) is 30.0 Å². The van der Waals surface area contributed by atoms with E-state index in [1.807, 2.05) is 31.4 Å². The van der Waals surface area contributed by atoms with E-state index < -0.39 is 0 Å². The zero-order valence-electron chi connectivity index (χ0n) is 17.7. The molecule has 3 aromatic heterocycles. The van der Waals surface area contributed by atoms with Crippen LogP contribution in [0, 0.1) is 0 Å². The number of piperidine rings is 1. The fourth-order valence-electron chi connectivity index (χ4n) is 4.42. The van der Waals surface area contributed by atoms with Gasteiger partial charge in [0.05, 0.1) is 11.2 Å². The molecule has 6 heteroatoms. The number of likely N-dealkylation sites (tertiary alicyclic amines) is 1. The summed E-state index contributed by atoms with van der Waals surface area (Å²) in [5.41, 5.74) is 4.49. The van der Waals surface area contributed by atoms with Crippen LogP contribution in [0.25, 0.3) is 22.3 Å². The van der Waals surface area contributed by atoms with E-state index in [9.17, 15) is 0 Å². The van der Waals surface area contributed by atoms with Crippen LogP contribution < -0.4 is 5.32 Å². The van der Waals surface area contributed by atoms with Crippen LogP contribution >= 0.6 is 0 Å². The number of hydrogen-bond acceptors (Lipinski definition) is 6. The molecule has 0 amide bonds. The minimum Gasteiger partial charge on any atom is -0.373 e. The van der Waals surface area contributed by atoms with Crippen LogP contribution in [0.15, 0.2) is 67.1 Å². The van der Waals surface area contributed by atoms with Gasteiger partial charge in [0, 0.05) is 61.7 Å². The van der Waals surface area contributed by atoms with Gasteiger partial charge in [-0.3, -0.25) is 14.9 Å². The highest BCUT2D eigenvalue weighted by molar-refractivity contribution is 5.81. The molecule has 1 atom stereocenters. The van der Waals surface area contributed by atoms with Crippen molar-refractivity contribution in [2.45, 2.75) is 25.3 Å². The SMILES string of the molecule is CNc1cc(C2CCCN(Cc3cccc4ncccc34)C2)nc(-c2ccncc2)n1. The van der Waals surface area contributed by atoms with Crippen molar-refractivity contribution in [1.29, 1.82) is 0 Å². The van der Waals surface area contributed by atoms with E-state index in [1.54, 1.807) is 12.4 Å². The van der Waals surface area contributed by atoms with E-state index in [0.717, 1.165) is 60.9 Å². The highest BCUT2D eigenvalue weighted by Gasteiger charge is 2.24. The standard InChI is InChI=1S/C25H26N6/c1-26-24-15-23(29-25(30-24)18-9-12-27-13-10-18)20-6-4-14-31(17-20)16-19-5-2-8-22-21(19)7-3-11-28-22/h2-3,5,7-13,15,20H,4,6,14,16-17H2,1H3,(H,26,29,30). The number of rotatable bonds is 5. The van der Waals surface area contributed by atoms with Crippen LogP contribution in [0.3, 0.4) is 0 Å². The summed E-state index contributed by atoms with van der Waals surface area (Å²) in [6.07, 6.45) is 7.73. The van der Waals surface area contributed by atoms with Gasteiger partial charge in [0.2, 0.25) is 0 Å². The van der Waals surface area contributed by atoms with Gasteiger partial charge in [-0.05, 0) is 49.2 Å². The number of anilines is 1. The summed E-state index contributed by atoms with van der Waals surface area (Å²) in [4.78, 5) is 20.8. The zero-order valence-corrected chi connectivity index (χ0v) is 17.7. The quantitative estimate of drug-likeness (QED) is 0.522. The molecule has 1 aliphatic rings. The number of nitrogens with one attached hydrogen (secondary N) is 1. The highest BCUT2D eigenvalue weighted by atomic mass is 15.1. The second-order valence-corrected chi connectivity index (χ2v) is 8.05. The van der Waals surface area contributed by atoms with E-state index in [-0.39, 0.29) is 0 Å². The normalized spacial score (nSPS) is 17.0. The Bertz CT molecular complexity index is 1170. The largest absolute Gasteiger partial charge is 0.373 e. The molecule has 0 bridgehead atoms. The van der Waals surface area contributed by atoms with Crippen molar-refractivity contribution in [3.05, 3.63) is 78.4 Å². The maximum Gasteiger partial charge on any atom is 0.161 e. The molecule has 1 unspecified atom stereocenters. The van der Waals surface area contributed by atoms with Crippen molar-refractivity contribution in [1.82, 2.24) is 24.8 Å². The molecule has 4 heterocycles. The molecular formula is C25H26N6. The lowest BCUT2D eigenvalue weighted by Crippen LogP contribution is -2.34. The Labute approximate surface area is 182 Å². The van der Waals surface area contributed by atoms with Gasteiger partial charge in [-0.2, -0.15) is 0 Å². The Morgan fingerprint density at radius 2 is 1.94 bits per heavy atom. The van der Waals surface area contributed by atoms with E-state index in [4.69, 9.17) is 4.98 Å². The summed E-state index contributed by atoms with van der Waals surface area (Å²) < 4.78 is 0. The van der Waals surface area contributed by atoms with Crippen LogP contribution in [0.5, 0.6) is 0 Å². The first-order chi connectivity index (χ1) is 15.3. The van der Waals surface area contributed by atoms with Crippen LogP contribution in [-0.2, 0) is 6.54 Å². The molecule has 1 saturated heterocycles. The molecular weight excluding hydrogens is 384 g/mol. The Morgan fingerprint density at radius 3 is 2.81 bits per heavy atom. The second-order valence-electron chi connectivity index (χ2n) is 8.05. The fraction of sp³-hybridized carbons (Fsp3) is 0.280. The molecule has 0 radical (unpaired) electrons. The van der Waals surface area contributed by atoms with Gasteiger partial charge >= 0.3 is 0 Å². The molecule has 0 spiro atoms. The summed E-state index contributed by atoms with van der Waals surface area (Å²) >= 11 is 0. The van der Waals surface area contributed by atoms with Crippen molar-refractivity contribution < 1.29 is 0 Å². The zero-order chi connectivity index (χ0) is 21.0. The monoisotopic (exact) mass is 410 g/mol. The summed E-state index contributed by atoms with van der Waals surface area (Å²) in [7, 11) is 1.91. The molecule has 6 nitrogen and oxygen atoms in total. The topological polar surface area (TPSA) is 66.8 Å². The summed E-state index contributed by atoms with van der Waals surface area (Å²) in [6.45, 7) is 3.03. The third-order valence-corrected chi connectivity index (χ3v) is 5.99. The van der Waals surface area contributed by atoms with Crippen molar-refractivity contribution in [2.75, 3.05) is 25.5 Å². The maximum absolute atomic E-state index is 4.95. The summed E-state index contributed by atoms with van der Waals surface area (Å²) in [5, 5.41) is 4.44. The van der Waals surface area contributed by atoms with Gasteiger partial charge in [0.25, 0.3) is 0 Å². The van der Waals surface area contributed by atoms with E-state index in [0.29, 0.717) is 5.92 Å². The first kappa shape index (κ1) is 19.6. The van der Waals surface area contributed by atoms with E-state index in [1.165, 1.54) is 10.9 Å². The predicted octanol–water partition coefficient (Wildman–Crippen LogP) is 4.51. The number of benzene rings is 1. The Kier molecular flexibility index (Phi) is 5.54. The Hall–Kier alpha value is -3.38. The van der Waals surface area contributed by atoms with Crippen molar-refractivity contribution in [3.63, 3.8) is 0 Å². The van der Waals surface area contributed by atoms with Gasteiger partial charge in [-0.15, -0.1) is 0 Å². The molecule has 156 valence electrons. The third-order valence-electron chi connectivity index (χ3n) is 5.99. The number of hydrogen-bond donors (Lipinski definition) is 1. The number of nitrogens with zero attached hydrogens (tertiary/aromatic N) is 5.